The van der Waals surface area contributed by atoms with Crippen LogP contribution in [0.25, 0.3) is 0 Å². The molecule has 0 nitrogen and oxygen atoms in total. The van der Waals surface area contributed by atoms with Crippen molar-refractivity contribution in [2.45, 2.75) is 89.9 Å². The molecule has 0 heteroatoms. The Bertz CT molecular complexity index is 604. The van der Waals surface area contributed by atoms with Crippen LogP contribution >= 0.6 is 0 Å². The van der Waals surface area contributed by atoms with E-state index in [9.17, 15) is 0 Å². The maximum absolute atomic E-state index is 4.03. The van der Waals surface area contributed by atoms with Crippen LogP contribution < -0.4 is 0 Å². The lowest BCUT2D eigenvalue weighted by atomic mass is 9.46. The monoisotopic (exact) mass is 378 g/mol. The summed E-state index contributed by atoms with van der Waals surface area (Å²) in [7, 11) is 0. The van der Waals surface area contributed by atoms with Gasteiger partial charge >= 0.3 is 0 Å². The lowest BCUT2D eigenvalue weighted by Gasteiger charge is -2.58. The van der Waals surface area contributed by atoms with Gasteiger partial charge in [0.05, 0.1) is 0 Å². The predicted molar refractivity (Wildman–Crippen MR) is 120 cm³/mol. The first-order valence-corrected chi connectivity index (χ1v) is 12.8. The van der Waals surface area contributed by atoms with Gasteiger partial charge in [0.1, 0.15) is 0 Å². The summed E-state index contributed by atoms with van der Waals surface area (Å²) < 4.78 is 0. The molecule has 5 rings (SSSR count). The fourth-order valence-corrected chi connectivity index (χ4v) is 9.23. The van der Waals surface area contributed by atoms with Crippen molar-refractivity contribution in [3.05, 3.63) is 37.0 Å². The lowest BCUT2D eigenvalue weighted by Crippen LogP contribution is -2.51. The number of rotatable bonds is 5. The van der Waals surface area contributed by atoms with E-state index in [1.807, 2.05) is 0 Å². The highest BCUT2D eigenvalue weighted by molar-refractivity contribution is 5.22. The van der Waals surface area contributed by atoms with E-state index >= 15 is 0 Å². The van der Waals surface area contributed by atoms with Gasteiger partial charge in [-0.15, -0.1) is 6.58 Å². The highest BCUT2D eigenvalue weighted by atomic mass is 14.6. The maximum atomic E-state index is 4.03. The maximum Gasteiger partial charge on any atom is -0.0131 e. The van der Waals surface area contributed by atoms with Gasteiger partial charge < -0.3 is 0 Å². The molecule has 4 fully saturated rings. The topological polar surface area (TPSA) is 0 Å². The van der Waals surface area contributed by atoms with E-state index in [1.165, 1.54) is 51.4 Å². The first-order chi connectivity index (χ1) is 13.8. The van der Waals surface area contributed by atoms with Crippen LogP contribution in [0.4, 0.5) is 0 Å². The minimum atomic E-state index is 0.682. The third kappa shape index (κ3) is 3.09. The zero-order valence-electron chi connectivity index (χ0n) is 18.0. The van der Waals surface area contributed by atoms with Crippen molar-refractivity contribution in [3.8, 4) is 0 Å². The lowest BCUT2D eigenvalue weighted by molar-refractivity contribution is -0.0887. The molecule has 28 heavy (non-hydrogen) atoms. The molecule has 0 saturated heterocycles. The normalized spacial score (nSPS) is 45.7. The molecule has 5 aliphatic carbocycles. The first-order valence-electron chi connectivity index (χ1n) is 12.8. The van der Waals surface area contributed by atoms with Crippen molar-refractivity contribution in [2.75, 3.05) is 0 Å². The Morgan fingerprint density at radius 1 is 0.821 bits per heavy atom. The Labute approximate surface area is 173 Å². The summed E-state index contributed by atoms with van der Waals surface area (Å²) in [6.07, 6.45) is 33.2. The Balaban J connectivity index is 1.52. The minimum Gasteiger partial charge on any atom is -0.103 e. The van der Waals surface area contributed by atoms with Crippen LogP contribution in [0.15, 0.2) is 37.0 Å². The first kappa shape index (κ1) is 19.2. The van der Waals surface area contributed by atoms with Gasteiger partial charge in [-0.05, 0) is 91.8 Å². The van der Waals surface area contributed by atoms with Crippen molar-refractivity contribution >= 4 is 0 Å². The molecule has 0 bridgehead atoms. The molecule has 0 amide bonds. The summed E-state index contributed by atoms with van der Waals surface area (Å²) >= 11 is 0. The molecule has 0 aromatic rings. The van der Waals surface area contributed by atoms with E-state index in [2.05, 4.69) is 37.0 Å². The fraction of sp³-hybridized carbons (Fsp3) is 0.786. The van der Waals surface area contributed by atoms with Gasteiger partial charge in [0.25, 0.3) is 0 Å². The van der Waals surface area contributed by atoms with Crippen molar-refractivity contribution in [3.63, 3.8) is 0 Å². The van der Waals surface area contributed by atoms with E-state index in [0.717, 1.165) is 41.4 Å². The average molecular weight is 379 g/mol. The number of hydrogen-bond donors (Lipinski definition) is 0. The van der Waals surface area contributed by atoms with Gasteiger partial charge in [-0.1, -0.05) is 75.3 Å². The molecular weight excluding hydrogens is 336 g/mol. The van der Waals surface area contributed by atoms with Crippen LogP contribution in [0.3, 0.4) is 0 Å². The molecule has 154 valence electrons. The summed E-state index contributed by atoms with van der Waals surface area (Å²) in [6, 6.07) is 0. The quantitative estimate of drug-likeness (QED) is 0.424. The Hall–Kier alpha value is -0.780. The van der Waals surface area contributed by atoms with Gasteiger partial charge in [-0.3, -0.25) is 0 Å². The Kier molecular flexibility index (Phi) is 5.59. The highest BCUT2D eigenvalue weighted by Gasteiger charge is 2.59. The van der Waals surface area contributed by atoms with E-state index in [-0.39, 0.29) is 0 Å². The molecule has 7 unspecified atom stereocenters. The van der Waals surface area contributed by atoms with Gasteiger partial charge in [-0.2, -0.15) is 0 Å². The zero-order chi connectivity index (χ0) is 19.0. The van der Waals surface area contributed by atoms with Crippen LogP contribution in [0.2, 0.25) is 0 Å². The highest BCUT2D eigenvalue weighted by Crippen LogP contribution is 2.67. The molecule has 0 N–H and O–H groups in total. The van der Waals surface area contributed by atoms with Crippen molar-refractivity contribution in [1.82, 2.24) is 0 Å². The molecule has 0 spiro atoms. The molecule has 0 radical (unpaired) electrons. The molecule has 0 aliphatic heterocycles. The van der Waals surface area contributed by atoms with Gasteiger partial charge in [-0.25, -0.2) is 0 Å². The van der Waals surface area contributed by atoms with E-state index in [0.29, 0.717) is 5.41 Å². The summed E-state index contributed by atoms with van der Waals surface area (Å²) in [5.74, 6) is 6.68. The van der Waals surface area contributed by atoms with Crippen LogP contribution in [0, 0.1) is 46.8 Å². The number of hydrogen-bond acceptors (Lipinski definition) is 0. The SMILES string of the molecule is C=CCCC1CC(C2(C3CCCC3)CCCC3CCCCC32)C2C=CC=CC12. The van der Waals surface area contributed by atoms with Crippen molar-refractivity contribution in [2.24, 2.45) is 46.8 Å². The smallest absolute Gasteiger partial charge is 0.0131 e. The summed E-state index contributed by atoms with van der Waals surface area (Å²) in [5.41, 5.74) is 0.682. The average Bonchev–Trinajstić information content (AvgIpc) is 3.41. The predicted octanol–water partition coefficient (Wildman–Crippen LogP) is 8.11. The van der Waals surface area contributed by atoms with Gasteiger partial charge in [0, 0.05) is 0 Å². The molecular formula is C28H42. The third-order valence-corrected chi connectivity index (χ3v) is 10.1. The van der Waals surface area contributed by atoms with Gasteiger partial charge in [0.2, 0.25) is 0 Å². The molecule has 5 aliphatic rings. The number of allylic oxidation sites excluding steroid dienone is 5. The van der Waals surface area contributed by atoms with Crippen molar-refractivity contribution in [1.29, 1.82) is 0 Å². The summed E-state index contributed by atoms with van der Waals surface area (Å²) in [5, 5.41) is 0. The third-order valence-electron chi connectivity index (χ3n) is 10.1. The zero-order valence-corrected chi connectivity index (χ0v) is 18.0. The summed E-state index contributed by atoms with van der Waals surface area (Å²) in [6.45, 7) is 4.03. The molecule has 4 saturated carbocycles. The standard InChI is InChI=1S/C28H42/c1-2-3-11-22-20-27(25-17-8-7-16-24(22)25)28(23-14-5-6-15-23)19-10-13-21-12-4-9-18-26(21)28/h2,7-8,16-17,21-27H,1,3-6,9-15,18-20H2. The van der Waals surface area contributed by atoms with Crippen LogP contribution in [0.5, 0.6) is 0 Å². The molecule has 0 heterocycles. The van der Waals surface area contributed by atoms with Gasteiger partial charge in [0.15, 0.2) is 0 Å². The van der Waals surface area contributed by atoms with Crippen LogP contribution in [-0.4, -0.2) is 0 Å². The molecule has 0 aromatic heterocycles. The Morgan fingerprint density at radius 3 is 2.36 bits per heavy atom. The second-order valence-electron chi connectivity index (χ2n) is 11.0. The van der Waals surface area contributed by atoms with E-state index in [1.54, 1.807) is 38.5 Å². The molecule has 7 atom stereocenters. The fourth-order valence-electron chi connectivity index (χ4n) is 9.23. The second-order valence-corrected chi connectivity index (χ2v) is 11.0. The van der Waals surface area contributed by atoms with E-state index in [4.69, 9.17) is 0 Å². The Morgan fingerprint density at radius 2 is 1.54 bits per heavy atom. The van der Waals surface area contributed by atoms with Crippen molar-refractivity contribution < 1.29 is 0 Å². The van der Waals surface area contributed by atoms with Crippen LogP contribution in [0.1, 0.15) is 89.9 Å². The minimum absolute atomic E-state index is 0.682. The number of fused-ring (bicyclic) bond motifs is 2. The van der Waals surface area contributed by atoms with E-state index < -0.39 is 0 Å². The molecule has 0 aromatic carbocycles. The second kappa shape index (κ2) is 8.16. The van der Waals surface area contributed by atoms with Crippen LogP contribution in [-0.2, 0) is 0 Å². The summed E-state index contributed by atoms with van der Waals surface area (Å²) in [4.78, 5) is 0. The largest absolute Gasteiger partial charge is 0.103 e.